The lowest BCUT2D eigenvalue weighted by Crippen LogP contribution is -2.27. The van der Waals surface area contributed by atoms with Crippen LogP contribution in [-0.4, -0.2) is 25.0 Å². The summed E-state index contributed by atoms with van der Waals surface area (Å²) in [4.78, 5) is 2.42. The van der Waals surface area contributed by atoms with Crippen molar-refractivity contribution in [2.75, 3.05) is 14.1 Å². The van der Waals surface area contributed by atoms with Crippen LogP contribution in [0, 0.1) is 0 Å². The van der Waals surface area contributed by atoms with Gasteiger partial charge in [-0.3, -0.25) is 0 Å². The number of allylic oxidation sites excluding steroid dienone is 2. The highest BCUT2D eigenvalue weighted by molar-refractivity contribution is 4.77. The van der Waals surface area contributed by atoms with Gasteiger partial charge in [-0.2, -0.15) is 0 Å². The van der Waals surface area contributed by atoms with Gasteiger partial charge < -0.3 is 4.90 Å². The third-order valence-electron chi connectivity index (χ3n) is 4.02. The molecule has 0 heterocycles. The molecule has 0 aromatic rings. The van der Waals surface area contributed by atoms with Gasteiger partial charge in [0.15, 0.2) is 0 Å². The largest absolute Gasteiger partial charge is 0.306 e. The van der Waals surface area contributed by atoms with Gasteiger partial charge in [-0.15, -0.1) is 0 Å². The van der Waals surface area contributed by atoms with Crippen LogP contribution in [0.15, 0.2) is 12.2 Å². The van der Waals surface area contributed by atoms with Gasteiger partial charge >= 0.3 is 0 Å². The van der Waals surface area contributed by atoms with Crippen LogP contribution in [0.1, 0.15) is 84.5 Å². The van der Waals surface area contributed by atoms with E-state index in [4.69, 9.17) is 0 Å². The number of rotatable bonds is 13. The molecule has 19 heavy (non-hydrogen) atoms. The van der Waals surface area contributed by atoms with Crippen LogP contribution in [0.2, 0.25) is 0 Å². The highest BCUT2D eigenvalue weighted by Crippen LogP contribution is 2.15. The van der Waals surface area contributed by atoms with Crippen LogP contribution in [-0.2, 0) is 0 Å². The van der Waals surface area contributed by atoms with Crippen molar-refractivity contribution in [3.8, 4) is 0 Å². The van der Waals surface area contributed by atoms with Crippen molar-refractivity contribution >= 4 is 0 Å². The van der Waals surface area contributed by atoms with Gasteiger partial charge in [0, 0.05) is 6.04 Å². The number of hydrogen-bond acceptors (Lipinski definition) is 1. The van der Waals surface area contributed by atoms with E-state index in [0.717, 1.165) is 6.04 Å². The van der Waals surface area contributed by atoms with E-state index in [9.17, 15) is 0 Å². The molecule has 0 aliphatic rings. The highest BCUT2D eigenvalue weighted by Gasteiger charge is 2.09. The number of nitrogens with zero attached hydrogens (tertiary/aromatic N) is 1. The molecule has 1 atom stereocenters. The third-order valence-corrected chi connectivity index (χ3v) is 4.02. The maximum absolute atomic E-state index is 2.42. The molecule has 0 aliphatic heterocycles. The van der Waals surface area contributed by atoms with Gasteiger partial charge in [-0.25, -0.2) is 0 Å². The van der Waals surface area contributed by atoms with Crippen molar-refractivity contribution in [3.05, 3.63) is 12.2 Å². The first-order chi connectivity index (χ1) is 9.22. The summed E-state index contributed by atoms with van der Waals surface area (Å²) in [6, 6.07) is 0.792. The summed E-state index contributed by atoms with van der Waals surface area (Å²) in [5, 5.41) is 0. The van der Waals surface area contributed by atoms with Crippen molar-refractivity contribution in [2.45, 2.75) is 90.5 Å². The predicted octanol–water partition coefficient (Wildman–Crippen LogP) is 5.80. The Labute approximate surface area is 122 Å². The molecule has 0 aliphatic carbocycles. The summed E-state index contributed by atoms with van der Waals surface area (Å²) in [5.41, 5.74) is 0. The molecule has 1 nitrogen and oxygen atoms in total. The molecule has 0 rings (SSSR count). The lowest BCUT2D eigenvalue weighted by Gasteiger charge is -2.24. The fourth-order valence-electron chi connectivity index (χ4n) is 2.64. The Morgan fingerprint density at radius 1 is 0.842 bits per heavy atom. The molecule has 1 unspecified atom stereocenters. The molecule has 0 saturated carbocycles. The summed E-state index contributed by atoms with van der Waals surface area (Å²) < 4.78 is 0. The summed E-state index contributed by atoms with van der Waals surface area (Å²) in [5.74, 6) is 0. The third kappa shape index (κ3) is 12.5. The minimum Gasteiger partial charge on any atom is -0.306 e. The van der Waals surface area contributed by atoms with Crippen LogP contribution < -0.4 is 0 Å². The summed E-state index contributed by atoms with van der Waals surface area (Å²) in [6.07, 6.45) is 19.7. The van der Waals surface area contributed by atoms with Crippen LogP contribution >= 0.6 is 0 Å². The monoisotopic (exact) mass is 267 g/mol. The molecular formula is C18H37N. The topological polar surface area (TPSA) is 3.24 Å². The van der Waals surface area contributed by atoms with Gasteiger partial charge in [0.05, 0.1) is 0 Å². The van der Waals surface area contributed by atoms with Crippen LogP contribution in [0.4, 0.5) is 0 Å². The Balaban J connectivity index is 3.54. The predicted molar refractivity (Wildman–Crippen MR) is 88.8 cm³/mol. The van der Waals surface area contributed by atoms with E-state index in [1.54, 1.807) is 0 Å². The number of unbranched alkanes of at least 4 members (excludes halogenated alkanes) is 7. The summed E-state index contributed by atoms with van der Waals surface area (Å²) in [6.45, 7) is 4.40. The first kappa shape index (κ1) is 18.7. The number of hydrogen-bond donors (Lipinski definition) is 0. The molecule has 114 valence electrons. The van der Waals surface area contributed by atoms with Gasteiger partial charge in [0.2, 0.25) is 0 Å². The Hall–Kier alpha value is -0.300. The average Bonchev–Trinajstić information content (AvgIpc) is 2.39. The van der Waals surface area contributed by atoms with E-state index in [2.05, 4.69) is 45.0 Å². The average molecular weight is 268 g/mol. The molecule has 1 heteroatoms. The van der Waals surface area contributed by atoms with E-state index in [1.165, 1.54) is 70.6 Å². The van der Waals surface area contributed by atoms with Crippen LogP contribution in [0.5, 0.6) is 0 Å². The first-order valence-corrected chi connectivity index (χ1v) is 8.50. The van der Waals surface area contributed by atoms with Crippen molar-refractivity contribution in [1.82, 2.24) is 4.90 Å². The molecule has 0 fully saturated rings. The molecule has 0 saturated heterocycles. The Morgan fingerprint density at radius 3 is 2.00 bits per heavy atom. The highest BCUT2D eigenvalue weighted by atomic mass is 15.1. The summed E-state index contributed by atoms with van der Waals surface area (Å²) in [7, 11) is 4.48. The van der Waals surface area contributed by atoms with E-state index in [-0.39, 0.29) is 0 Å². The lowest BCUT2D eigenvalue weighted by molar-refractivity contribution is 0.254. The molecule has 0 radical (unpaired) electrons. The Morgan fingerprint density at radius 2 is 1.42 bits per heavy atom. The van der Waals surface area contributed by atoms with E-state index < -0.39 is 0 Å². The molecule has 0 bridgehead atoms. The molecule has 0 N–H and O–H groups in total. The van der Waals surface area contributed by atoms with Gasteiger partial charge in [-0.05, 0) is 46.7 Å². The maximum Gasteiger partial charge on any atom is 0.00892 e. The molecule has 0 spiro atoms. The quantitative estimate of drug-likeness (QED) is 0.301. The Kier molecular flexibility index (Phi) is 13.9. The van der Waals surface area contributed by atoms with Crippen molar-refractivity contribution in [2.24, 2.45) is 0 Å². The van der Waals surface area contributed by atoms with E-state index in [1.807, 2.05) is 0 Å². The second kappa shape index (κ2) is 14.1. The standard InChI is InChI=1S/C18H37N/c1-5-7-9-11-12-13-15-17-18(19(3)4)16-14-10-8-6-2/h6,8,18H,5,7,9-17H2,1-4H3/b8-6-. The zero-order valence-corrected chi connectivity index (χ0v) is 14.0. The van der Waals surface area contributed by atoms with Crippen molar-refractivity contribution in [1.29, 1.82) is 0 Å². The van der Waals surface area contributed by atoms with Crippen LogP contribution in [0.3, 0.4) is 0 Å². The maximum atomic E-state index is 2.42. The zero-order chi connectivity index (χ0) is 14.3. The first-order valence-electron chi connectivity index (χ1n) is 8.50. The molecule has 0 amide bonds. The smallest absolute Gasteiger partial charge is 0.00892 e. The Bertz CT molecular complexity index is 196. The lowest BCUT2D eigenvalue weighted by atomic mass is 10.0. The van der Waals surface area contributed by atoms with E-state index in [0.29, 0.717) is 0 Å². The molecule has 0 aromatic carbocycles. The minimum absolute atomic E-state index is 0.792. The van der Waals surface area contributed by atoms with Crippen molar-refractivity contribution in [3.63, 3.8) is 0 Å². The normalized spacial score (nSPS) is 13.5. The minimum atomic E-state index is 0.792. The molecular weight excluding hydrogens is 230 g/mol. The van der Waals surface area contributed by atoms with E-state index >= 15 is 0 Å². The summed E-state index contributed by atoms with van der Waals surface area (Å²) >= 11 is 0. The fourth-order valence-corrected chi connectivity index (χ4v) is 2.64. The van der Waals surface area contributed by atoms with Crippen molar-refractivity contribution < 1.29 is 0 Å². The second-order valence-corrected chi connectivity index (χ2v) is 6.03. The molecule has 0 aromatic heterocycles. The van der Waals surface area contributed by atoms with Gasteiger partial charge in [-0.1, -0.05) is 64.0 Å². The zero-order valence-electron chi connectivity index (χ0n) is 14.0. The SMILES string of the molecule is C/C=C\CCCC(CCCCCCCCC)N(C)C. The van der Waals surface area contributed by atoms with Gasteiger partial charge in [0.25, 0.3) is 0 Å². The van der Waals surface area contributed by atoms with Crippen LogP contribution in [0.25, 0.3) is 0 Å². The van der Waals surface area contributed by atoms with Gasteiger partial charge in [0.1, 0.15) is 0 Å². The second-order valence-electron chi connectivity index (χ2n) is 6.03. The fraction of sp³-hybridized carbons (Fsp3) is 0.889.